The number of nitrogens with zero attached hydrogens (tertiary/aromatic N) is 1. The lowest BCUT2D eigenvalue weighted by atomic mass is 10.2. The van der Waals surface area contributed by atoms with Crippen LogP contribution in [-0.2, 0) is 13.2 Å². The van der Waals surface area contributed by atoms with Crippen molar-refractivity contribution < 1.29 is 18.9 Å². The Bertz CT molecular complexity index is 905. The van der Waals surface area contributed by atoms with Crippen molar-refractivity contribution in [2.75, 3.05) is 0 Å². The van der Waals surface area contributed by atoms with E-state index in [1.807, 2.05) is 54.6 Å². The Morgan fingerprint density at radius 3 is 2.50 bits per heavy atom. The summed E-state index contributed by atoms with van der Waals surface area (Å²) in [5.41, 5.74) is 1.83. The highest BCUT2D eigenvalue weighted by Gasteiger charge is 2.17. The van der Waals surface area contributed by atoms with E-state index in [1.165, 1.54) is 6.07 Å². The van der Waals surface area contributed by atoms with E-state index in [1.54, 1.807) is 0 Å². The van der Waals surface area contributed by atoms with Crippen LogP contribution in [0.3, 0.4) is 0 Å². The molecule has 3 aromatic rings. The fourth-order valence-corrected chi connectivity index (χ4v) is 2.34. The molecule has 0 saturated carbocycles. The van der Waals surface area contributed by atoms with Gasteiger partial charge < -0.3 is 14.5 Å². The number of rotatable bonds is 7. The molecule has 0 fully saturated rings. The zero-order valence-electron chi connectivity index (χ0n) is 13.8. The van der Waals surface area contributed by atoms with Crippen molar-refractivity contribution in [1.29, 1.82) is 0 Å². The largest absolute Gasteiger partial charge is 0.489 e. The molecule has 0 spiro atoms. The number of carbonyl (C=O) groups is 1. The molecule has 7 heteroatoms. The predicted molar refractivity (Wildman–Crippen MR) is 93.7 cm³/mol. The number of hydrogen-bond acceptors (Lipinski definition) is 5. The molecule has 1 heterocycles. The van der Waals surface area contributed by atoms with Crippen molar-refractivity contribution >= 4 is 11.8 Å². The average Bonchev–Trinajstić information content (AvgIpc) is 3.16. The maximum Gasteiger partial charge on any atom is 0.433 e. The van der Waals surface area contributed by atoms with Crippen molar-refractivity contribution in [2.45, 2.75) is 13.2 Å². The molecule has 0 aliphatic rings. The molecular formula is C19H16N2O5. The molecule has 1 N–H and O–H groups in total. The molecular weight excluding hydrogens is 336 g/mol. The van der Waals surface area contributed by atoms with Gasteiger partial charge in [-0.2, -0.15) is 0 Å². The molecule has 2 aromatic carbocycles. The molecule has 0 radical (unpaired) electrons. The van der Waals surface area contributed by atoms with E-state index in [0.717, 1.165) is 17.2 Å². The van der Waals surface area contributed by atoms with Crippen LogP contribution in [0.15, 0.2) is 71.1 Å². The molecule has 0 saturated heterocycles. The van der Waals surface area contributed by atoms with Gasteiger partial charge in [0.15, 0.2) is 5.76 Å². The summed E-state index contributed by atoms with van der Waals surface area (Å²) in [5.74, 6) is -0.459. The normalized spacial score (nSPS) is 10.3. The van der Waals surface area contributed by atoms with Gasteiger partial charge in [0.25, 0.3) is 5.91 Å². The van der Waals surface area contributed by atoms with E-state index in [-0.39, 0.29) is 12.3 Å². The fourth-order valence-electron chi connectivity index (χ4n) is 2.34. The first-order valence-corrected chi connectivity index (χ1v) is 7.90. The number of para-hydroxylation sites is 1. The average molecular weight is 352 g/mol. The zero-order chi connectivity index (χ0) is 18.4. The number of hydrogen-bond donors (Lipinski definition) is 1. The quantitative estimate of drug-likeness (QED) is 0.517. The van der Waals surface area contributed by atoms with Crippen molar-refractivity contribution in [2.24, 2.45) is 0 Å². The van der Waals surface area contributed by atoms with Crippen LogP contribution in [0.25, 0.3) is 0 Å². The number of carbonyl (C=O) groups excluding carboxylic acids is 1. The van der Waals surface area contributed by atoms with Crippen molar-refractivity contribution in [3.8, 4) is 5.75 Å². The van der Waals surface area contributed by atoms with Gasteiger partial charge in [0.05, 0.1) is 6.07 Å². The van der Waals surface area contributed by atoms with Crippen LogP contribution in [0, 0.1) is 10.1 Å². The van der Waals surface area contributed by atoms with Crippen LogP contribution < -0.4 is 10.1 Å². The third-order valence-corrected chi connectivity index (χ3v) is 3.64. The molecule has 3 rings (SSSR count). The third kappa shape index (κ3) is 4.27. The second-order valence-electron chi connectivity index (χ2n) is 5.46. The van der Waals surface area contributed by atoms with E-state index < -0.39 is 16.7 Å². The summed E-state index contributed by atoms with van der Waals surface area (Å²) < 4.78 is 10.7. The minimum Gasteiger partial charge on any atom is -0.489 e. The SMILES string of the molecule is O=C(NCc1ccccc1OCc1ccccc1)c1ccc([N+](=O)[O-])o1. The number of nitro groups is 1. The Hall–Kier alpha value is -3.61. The lowest BCUT2D eigenvalue weighted by Gasteiger charge is -2.12. The summed E-state index contributed by atoms with van der Waals surface area (Å²) in [4.78, 5) is 22.0. The second kappa shape index (κ2) is 7.98. The highest BCUT2D eigenvalue weighted by Crippen LogP contribution is 2.20. The molecule has 132 valence electrons. The van der Waals surface area contributed by atoms with Crippen LogP contribution in [0.5, 0.6) is 5.75 Å². The molecule has 7 nitrogen and oxygen atoms in total. The number of benzene rings is 2. The van der Waals surface area contributed by atoms with E-state index in [4.69, 9.17) is 9.15 Å². The van der Waals surface area contributed by atoms with Gasteiger partial charge >= 0.3 is 5.88 Å². The number of ether oxygens (including phenoxy) is 1. The third-order valence-electron chi connectivity index (χ3n) is 3.64. The molecule has 0 aliphatic heterocycles. The van der Waals surface area contributed by atoms with Crippen molar-refractivity contribution in [3.63, 3.8) is 0 Å². The number of amides is 1. The van der Waals surface area contributed by atoms with E-state index >= 15 is 0 Å². The summed E-state index contributed by atoms with van der Waals surface area (Å²) in [6.07, 6.45) is 0. The summed E-state index contributed by atoms with van der Waals surface area (Å²) >= 11 is 0. The monoisotopic (exact) mass is 352 g/mol. The van der Waals surface area contributed by atoms with Crippen LogP contribution in [0.4, 0.5) is 5.88 Å². The second-order valence-corrected chi connectivity index (χ2v) is 5.46. The van der Waals surface area contributed by atoms with Gasteiger partial charge in [0.2, 0.25) is 0 Å². The summed E-state index contributed by atoms with van der Waals surface area (Å²) in [7, 11) is 0. The highest BCUT2D eigenvalue weighted by atomic mass is 16.6. The lowest BCUT2D eigenvalue weighted by Crippen LogP contribution is -2.22. The minimum atomic E-state index is -0.691. The van der Waals surface area contributed by atoms with Gasteiger partial charge in [-0.15, -0.1) is 0 Å². The Morgan fingerprint density at radius 1 is 1.04 bits per heavy atom. The fraction of sp³-hybridized carbons (Fsp3) is 0.105. The van der Waals surface area contributed by atoms with Gasteiger partial charge in [0, 0.05) is 12.1 Å². The van der Waals surface area contributed by atoms with Gasteiger partial charge in [-0.05, 0) is 17.7 Å². The first-order valence-electron chi connectivity index (χ1n) is 7.90. The van der Waals surface area contributed by atoms with Gasteiger partial charge in [-0.1, -0.05) is 48.5 Å². The first kappa shape index (κ1) is 17.2. The van der Waals surface area contributed by atoms with Crippen LogP contribution >= 0.6 is 0 Å². The predicted octanol–water partition coefficient (Wildman–Crippen LogP) is 3.70. The molecule has 26 heavy (non-hydrogen) atoms. The molecule has 1 aromatic heterocycles. The van der Waals surface area contributed by atoms with Crippen LogP contribution in [0.2, 0.25) is 0 Å². The standard InChI is InChI=1S/C19H16N2O5/c22-19(17-10-11-18(26-17)21(23)24)20-12-15-8-4-5-9-16(15)25-13-14-6-2-1-3-7-14/h1-11H,12-13H2,(H,20,22). The van der Waals surface area contributed by atoms with Gasteiger partial charge in [0.1, 0.15) is 17.3 Å². The topological polar surface area (TPSA) is 94.6 Å². The molecule has 0 aliphatic carbocycles. The molecule has 0 unspecified atom stereocenters. The highest BCUT2D eigenvalue weighted by molar-refractivity contribution is 5.91. The maximum atomic E-state index is 12.1. The molecule has 0 bridgehead atoms. The summed E-state index contributed by atoms with van der Waals surface area (Å²) in [6, 6.07) is 19.5. The number of nitrogens with one attached hydrogen (secondary N) is 1. The van der Waals surface area contributed by atoms with E-state index in [0.29, 0.717) is 12.4 Å². The Balaban J connectivity index is 1.62. The zero-order valence-corrected chi connectivity index (χ0v) is 13.8. The van der Waals surface area contributed by atoms with Crippen molar-refractivity contribution in [3.05, 3.63) is 93.7 Å². The summed E-state index contributed by atoms with van der Waals surface area (Å²) in [6.45, 7) is 0.620. The van der Waals surface area contributed by atoms with Crippen LogP contribution in [0.1, 0.15) is 21.7 Å². The van der Waals surface area contributed by atoms with Crippen LogP contribution in [-0.4, -0.2) is 10.8 Å². The van der Waals surface area contributed by atoms with Gasteiger partial charge in [-0.25, -0.2) is 0 Å². The number of furan rings is 1. The maximum absolute atomic E-state index is 12.1. The Labute approximate surface area is 149 Å². The smallest absolute Gasteiger partial charge is 0.433 e. The molecule has 1 amide bonds. The minimum absolute atomic E-state index is 0.112. The molecule has 0 atom stereocenters. The Morgan fingerprint density at radius 2 is 1.77 bits per heavy atom. The van der Waals surface area contributed by atoms with E-state index in [9.17, 15) is 14.9 Å². The van der Waals surface area contributed by atoms with E-state index in [2.05, 4.69) is 5.32 Å². The summed E-state index contributed by atoms with van der Waals surface area (Å²) in [5, 5.41) is 13.3. The lowest BCUT2D eigenvalue weighted by molar-refractivity contribution is -0.402. The van der Waals surface area contributed by atoms with Crippen molar-refractivity contribution in [1.82, 2.24) is 5.32 Å². The Kier molecular flexibility index (Phi) is 5.28. The van der Waals surface area contributed by atoms with Gasteiger partial charge in [-0.3, -0.25) is 14.9 Å². The first-order chi connectivity index (χ1) is 12.6.